The molecule has 0 aliphatic rings. The van der Waals surface area contributed by atoms with Crippen LogP contribution in [0.1, 0.15) is 30.9 Å². The molecule has 1 aromatic carbocycles. The van der Waals surface area contributed by atoms with E-state index in [0.29, 0.717) is 6.54 Å². The summed E-state index contributed by atoms with van der Waals surface area (Å²) in [6.07, 6.45) is 2.16. The number of nitrogens with one attached hydrogen (secondary N) is 1. The molecule has 1 aromatic rings. The van der Waals surface area contributed by atoms with E-state index in [0.717, 1.165) is 19.4 Å². The van der Waals surface area contributed by atoms with Crippen LogP contribution in [0.4, 0.5) is 4.79 Å². The molecule has 1 N–H and O–H groups in total. The first-order chi connectivity index (χ1) is 8.15. The van der Waals surface area contributed by atoms with Crippen LogP contribution in [0.3, 0.4) is 0 Å². The van der Waals surface area contributed by atoms with Gasteiger partial charge in [-0.2, -0.15) is 0 Å². The number of unbranched alkanes of at least 4 members (excludes halogenated alkanes) is 1. The molecule has 0 saturated heterocycles. The van der Waals surface area contributed by atoms with Crippen molar-refractivity contribution < 1.29 is 4.79 Å². The Morgan fingerprint density at radius 2 is 2.06 bits per heavy atom. The molecule has 1 rings (SSSR count). The smallest absolute Gasteiger partial charge is 0.317 e. The van der Waals surface area contributed by atoms with Gasteiger partial charge in [-0.3, -0.25) is 0 Å². The summed E-state index contributed by atoms with van der Waals surface area (Å²) in [5.74, 6) is 0. The zero-order valence-electron chi connectivity index (χ0n) is 11.0. The summed E-state index contributed by atoms with van der Waals surface area (Å²) in [6.45, 7) is 5.60. The number of carbonyl (C=O) groups excluding carboxylic acids is 1. The van der Waals surface area contributed by atoms with Crippen LogP contribution in [0.2, 0.25) is 0 Å². The lowest BCUT2D eigenvalue weighted by molar-refractivity contribution is 0.207. The van der Waals surface area contributed by atoms with Gasteiger partial charge in [0.05, 0.1) is 0 Å². The van der Waals surface area contributed by atoms with Crippen molar-refractivity contribution in [3.8, 4) is 0 Å². The predicted octanol–water partition coefficient (Wildman–Crippen LogP) is 2.94. The molecule has 17 heavy (non-hydrogen) atoms. The standard InChI is InChI=1S/C14H22N2O/c1-4-5-10-16(3)14(17)15-11-13-9-7-6-8-12(13)2/h6-9H,4-5,10-11H2,1-3H3,(H,15,17). The van der Waals surface area contributed by atoms with Gasteiger partial charge in [0.1, 0.15) is 0 Å². The van der Waals surface area contributed by atoms with Gasteiger partial charge < -0.3 is 10.2 Å². The maximum absolute atomic E-state index is 11.7. The van der Waals surface area contributed by atoms with Crippen LogP contribution in [0.5, 0.6) is 0 Å². The molecular formula is C14H22N2O. The van der Waals surface area contributed by atoms with Crippen LogP contribution in [0.15, 0.2) is 24.3 Å². The Hall–Kier alpha value is -1.51. The van der Waals surface area contributed by atoms with Crippen LogP contribution in [-0.4, -0.2) is 24.5 Å². The molecule has 0 atom stereocenters. The molecule has 0 aliphatic heterocycles. The van der Waals surface area contributed by atoms with E-state index in [9.17, 15) is 4.79 Å². The highest BCUT2D eigenvalue weighted by atomic mass is 16.2. The van der Waals surface area contributed by atoms with E-state index in [1.165, 1.54) is 11.1 Å². The van der Waals surface area contributed by atoms with Crippen LogP contribution >= 0.6 is 0 Å². The number of amides is 2. The number of carbonyl (C=O) groups is 1. The van der Waals surface area contributed by atoms with Crippen molar-refractivity contribution in [1.82, 2.24) is 10.2 Å². The molecule has 2 amide bonds. The molecule has 3 heteroatoms. The molecule has 0 unspecified atom stereocenters. The number of aryl methyl sites for hydroxylation is 1. The summed E-state index contributed by atoms with van der Waals surface area (Å²) < 4.78 is 0. The Labute approximate surface area is 104 Å². The topological polar surface area (TPSA) is 32.3 Å². The normalized spacial score (nSPS) is 10.1. The number of nitrogens with zero attached hydrogens (tertiary/aromatic N) is 1. The summed E-state index contributed by atoms with van der Waals surface area (Å²) in [7, 11) is 1.84. The maximum atomic E-state index is 11.7. The summed E-state index contributed by atoms with van der Waals surface area (Å²) in [5.41, 5.74) is 2.38. The third-order valence-electron chi connectivity index (χ3n) is 2.89. The van der Waals surface area contributed by atoms with Crippen LogP contribution in [0.25, 0.3) is 0 Å². The molecule has 0 bridgehead atoms. The number of rotatable bonds is 5. The molecular weight excluding hydrogens is 212 g/mol. The highest BCUT2D eigenvalue weighted by molar-refractivity contribution is 5.73. The number of benzene rings is 1. The van der Waals surface area contributed by atoms with E-state index >= 15 is 0 Å². The van der Waals surface area contributed by atoms with Gasteiger partial charge in [0, 0.05) is 20.1 Å². The molecule has 0 aromatic heterocycles. The first-order valence-electron chi connectivity index (χ1n) is 6.18. The number of hydrogen-bond acceptors (Lipinski definition) is 1. The van der Waals surface area contributed by atoms with E-state index in [1.54, 1.807) is 4.90 Å². The summed E-state index contributed by atoms with van der Waals surface area (Å²) in [6, 6.07) is 8.11. The molecule has 94 valence electrons. The van der Waals surface area contributed by atoms with Gasteiger partial charge in [0.25, 0.3) is 0 Å². The van der Waals surface area contributed by atoms with E-state index in [-0.39, 0.29) is 6.03 Å². The van der Waals surface area contributed by atoms with E-state index in [4.69, 9.17) is 0 Å². The Morgan fingerprint density at radius 3 is 2.71 bits per heavy atom. The molecule has 3 nitrogen and oxygen atoms in total. The highest BCUT2D eigenvalue weighted by Crippen LogP contribution is 2.06. The Morgan fingerprint density at radius 1 is 1.35 bits per heavy atom. The predicted molar refractivity (Wildman–Crippen MR) is 71.0 cm³/mol. The molecule has 0 saturated carbocycles. The highest BCUT2D eigenvalue weighted by Gasteiger charge is 2.07. The first-order valence-corrected chi connectivity index (χ1v) is 6.18. The molecule has 0 radical (unpaired) electrons. The average molecular weight is 234 g/mol. The zero-order valence-corrected chi connectivity index (χ0v) is 11.0. The van der Waals surface area contributed by atoms with E-state index in [1.807, 2.05) is 25.2 Å². The molecule has 0 aliphatic carbocycles. The number of hydrogen-bond donors (Lipinski definition) is 1. The quantitative estimate of drug-likeness (QED) is 0.834. The fourth-order valence-electron chi connectivity index (χ4n) is 1.61. The zero-order chi connectivity index (χ0) is 12.7. The van der Waals surface area contributed by atoms with Gasteiger partial charge in [-0.15, -0.1) is 0 Å². The van der Waals surface area contributed by atoms with Gasteiger partial charge in [0.15, 0.2) is 0 Å². The summed E-state index contributed by atoms with van der Waals surface area (Å²) in [4.78, 5) is 13.5. The molecule has 0 spiro atoms. The third kappa shape index (κ3) is 4.47. The van der Waals surface area contributed by atoms with E-state index < -0.39 is 0 Å². The van der Waals surface area contributed by atoms with Gasteiger partial charge in [0.2, 0.25) is 0 Å². The molecule has 0 heterocycles. The number of urea groups is 1. The minimum Gasteiger partial charge on any atom is -0.334 e. The lowest BCUT2D eigenvalue weighted by Gasteiger charge is -2.18. The van der Waals surface area contributed by atoms with Crippen molar-refractivity contribution in [3.63, 3.8) is 0 Å². The monoisotopic (exact) mass is 234 g/mol. The van der Waals surface area contributed by atoms with Crippen molar-refractivity contribution in [1.29, 1.82) is 0 Å². The Balaban J connectivity index is 2.40. The van der Waals surface area contributed by atoms with Gasteiger partial charge in [-0.25, -0.2) is 4.79 Å². The van der Waals surface area contributed by atoms with Crippen LogP contribution in [0, 0.1) is 6.92 Å². The van der Waals surface area contributed by atoms with Gasteiger partial charge in [-0.1, -0.05) is 37.6 Å². The van der Waals surface area contributed by atoms with Crippen LogP contribution < -0.4 is 5.32 Å². The summed E-state index contributed by atoms with van der Waals surface area (Å²) in [5, 5.41) is 2.94. The minimum atomic E-state index is 0.00158. The SMILES string of the molecule is CCCCN(C)C(=O)NCc1ccccc1C. The Bertz CT molecular complexity index is 363. The van der Waals surface area contributed by atoms with Crippen LogP contribution in [-0.2, 0) is 6.54 Å². The lowest BCUT2D eigenvalue weighted by atomic mass is 10.1. The van der Waals surface area contributed by atoms with Crippen molar-refractivity contribution in [2.24, 2.45) is 0 Å². The first kappa shape index (κ1) is 13.6. The largest absolute Gasteiger partial charge is 0.334 e. The van der Waals surface area contributed by atoms with Gasteiger partial charge >= 0.3 is 6.03 Å². The summed E-state index contributed by atoms with van der Waals surface area (Å²) >= 11 is 0. The lowest BCUT2D eigenvalue weighted by Crippen LogP contribution is -2.37. The minimum absolute atomic E-state index is 0.00158. The second-order valence-electron chi connectivity index (χ2n) is 4.36. The second-order valence-corrected chi connectivity index (χ2v) is 4.36. The maximum Gasteiger partial charge on any atom is 0.317 e. The van der Waals surface area contributed by atoms with Gasteiger partial charge in [-0.05, 0) is 24.5 Å². The second kappa shape index (κ2) is 6.94. The van der Waals surface area contributed by atoms with Crippen molar-refractivity contribution >= 4 is 6.03 Å². The van der Waals surface area contributed by atoms with Crippen molar-refractivity contribution in [2.45, 2.75) is 33.2 Å². The third-order valence-corrected chi connectivity index (χ3v) is 2.89. The van der Waals surface area contributed by atoms with Crippen molar-refractivity contribution in [3.05, 3.63) is 35.4 Å². The Kier molecular flexibility index (Phi) is 5.53. The van der Waals surface area contributed by atoms with Crippen molar-refractivity contribution in [2.75, 3.05) is 13.6 Å². The van der Waals surface area contributed by atoms with E-state index in [2.05, 4.69) is 25.2 Å². The average Bonchev–Trinajstić information content (AvgIpc) is 2.34. The fourth-order valence-corrected chi connectivity index (χ4v) is 1.61. The fraction of sp³-hybridized carbons (Fsp3) is 0.500. The molecule has 0 fully saturated rings.